The third-order valence-electron chi connectivity index (χ3n) is 5.31. The number of imidazole rings is 1. The van der Waals surface area contributed by atoms with Gasteiger partial charge < -0.3 is 20.1 Å². The van der Waals surface area contributed by atoms with Gasteiger partial charge in [0, 0.05) is 32.1 Å². The summed E-state index contributed by atoms with van der Waals surface area (Å²) in [5, 5.41) is 2.61. The lowest BCUT2D eigenvalue weighted by Gasteiger charge is -2.24. The number of amides is 3. The van der Waals surface area contributed by atoms with E-state index >= 15 is 0 Å². The first-order valence-electron chi connectivity index (χ1n) is 9.93. The molecule has 0 aliphatic carbocycles. The molecule has 3 aromatic rings. The van der Waals surface area contributed by atoms with Crippen molar-refractivity contribution in [1.29, 1.82) is 0 Å². The number of para-hydroxylation sites is 1. The molecule has 3 amide bonds. The van der Waals surface area contributed by atoms with E-state index in [9.17, 15) is 19.2 Å². The quantitative estimate of drug-likeness (QED) is 0.550. The zero-order valence-corrected chi connectivity index (χ0v) is 16.9. The number of fused-ring (bicyclic) bond motifs is 1. The number of likely N-dealkylation sites (N-methyl/N-ethyl adjacent to an activating group) is 1. The van der Waals surface area contributed by atoms with E-state index in [4.69, 9.17) is 0 Å². The van der Waals surface area contributed by atoms with Crippen LogP contribution in [-0.4, -0.2) is 57.2 Å². The van der Waals surface area contributed by atoms with Gasteiger partial charge in [-0.15, -0.1) is 0 Å². The molecular weight excluding hydrogens is 400 g/mol. The van der Waals surface area contributed by atoms with Crippen molar-refractivity contribution >= 4 is 40.4 Å². The summed E-state index contributed by atoms with van der Waals surface area (Å²) < 4.78 is 0. The zero-order chi connectivity index (χ0) is 22.0. The summed E-state index contributed by atoms with van der Waals surface area (Å²) in [5.41, 5.74) is 1.29. The predicted octanol–water partition coefficient (Wildman–Crippen LogP) is 1.23. The van der Waals surface area contributed by atoms with E-state index in [1.54, 1.807) is 24.1 Å². The number of nitrogens with one attached hydrogen (secondary N) is 3. The Morgan fingerprint density at radius 2 is 1.90 bits per heavy atom. The van der Waals surface area contributed by atoms with Crippen LogP contribution in [0.3, 0.4) is 0 Å². The largest absolute Gasteiger partial charge is 0.334 e. The van der Waals surface area contributed by atoms with Gasteiger partial charge in [-0.05, 0) is 30.7 Å². The summed E-state index contributed by atoms with van der Waals surface area (Å²) in [6.07, 6.45) is 0.470. The van der Waals surface area contributed by atoms with Crippen LogP contribution in [0.15, 0.2) is 47.3 Å². The number of nitrogens with zero attached hydrogens (tertiary/aromatic N) is 3. The molecule has 10 nitrogen and oxygen atoms in total. The van der Waals surface area contributed by atoms with Gasteiger partial charge in [-0.3, -0.25) is 19.4 Å². The Bertz CT molecular complexity index is 1190. The molecule has 0 radical (unpaired) electrons. The normalized spacial score (nSPS) is 16.0. The molecule has 0 bridgehead atoms. The fourth-order valence-electron chi connectivity index (χ4n) is 3.65. The zero-order valence-electron chi connectivity index (χ0n) is 16.9. The van der Waals surface area contributed by atoms with Gasteiger partial charge in [0.25, 0.3) is 0 Å². The minimum Gasteiger partial charge on any atom is -0.334 e. The van der Waals surface area contributed by atoms with Crippen LogP contribution in [0.25, 0.3) is 11.2 Å². The highest BCUT2D eigenvalue weighted by Crippen LogP contribution is 2.24. The summed E-state index contributed by atoms with van der Waals surface area (Å²) in [4.78, 5) is 61.2. The third kappa shape index (κ3) is 4.32. The van der Waals surface area contributed by atoms with Crippen molar-refractivity contribution in [2.75, 3.05) is 23.8 Å². The molecule has 0 saturated carbocycles. The minimum atomic E-state index is -0.537. The van der Waals surface area contributed by atoms with Gasteiger partial charge >= 0.3 is 5.69 Å². The van der Waals surface area contributed by atoms with Crippen LogP contribution in [0.4, 0.5) is 11.5 Å². The maximum Gasteiger partial charge on any atom is 0.325 e. The second-order valence-corrected chi connectivity index (χ2v) is 7.35. The first-order chi connectivity index (χ1) is 14.9. The van der Waals surface area contributed by atoms with Crippen molar-refractivity contribution in [3.05, 3.63) is 52.9 Å². The van der Waals surface area contributed by atoms with Gasteiger partial charge in [0.2, 0.25) is 17.7 Å². The molecule has 1 aromatic carbocycles. The Kier molecular flexibility index (Phi) is 5.52. The Morgan fingerprint density at radius 1 is 1.13 bits per heavy atom. The molecule has 1 aliphatic heterocycles. The molecule has 1 saturated heterocycles. The number of hydrogen-bond donors (Lipinski definition) is 3. The number of aromatic nitrogens is 3. The number of rotatable bonds is 6. The highest BCUT2D eigenvalue weighted by Gasteiger charge is 2.37. The summed E-state index contributed by atoms with van der Waals surface area (Å²) in [5.74, 6) is -0.501. The van der Waals surface area contributed by atoms with Crippen molar-refractivity contribution in [3.63, 3.8) is 0 Å². The number of benzene rings is 1. The fourth-order valence-corrected chi connectivity index (χ4v) is 3.65. The molecular formula is C21H22N6O4. The standard InChI is InChI=1S/C21H22N6O4/c1-26(15-11-12-27(20(15)30)13-5-3-2-4-6-13)18(29)10-9-17(28)23-16-8-7-14-19(24-16)25-21(31)22-14/h2-8,15H,9-12H2,1H3,(H3,22,23,24,25,28,31)/t15-/m1/s1. The van der Waals surface area contributed by atoms with E-state index in [1.807, 2.05) is 30.3 Å². The number of carbonyl (C=O) groups is 3. The fraction of sp³-hybridized carbons (Fsp3) is 0.286. The molecule has 1 fully saturated rings. The van der Waals surface area contributed by atoms with Crippen molar-refractivity contribution in [3.8, 4) is 0 Å². The maximum atomic E-state index is 12.8. The Hall–Kier alpha value is -3.95. The van der Waals surface area contributed by atoms with E-state index < -0.39 is 6.04 Å². The lowest BCUT2D eigenvalue weighted by molar-refractivity contribution is -0.137. The number of anilines is 2. The Balaban J connectivity index is 1.31. The second kappa shape index (κ2) is 8.42. The van der Waals surface area contributed by atoms with Crippen LogP contribution in [0.2, 0.25) is 0 Å². The number of hydrogen-bond acceptors (Lipinski definition) is 5. The van der Waals surface area contributed by atoms with Crippen LogP contribution in [0, 0.1) is 0 Å². The van der Waals surface area contributed by atoms with E-state index in [-0.39, 0.29) is 42.1 Å². The summed E-state index contributed by atoms with van der Waals surface area (Å²) in [6, 6.07) is 12.0. The maximum absolute atomic E-state index is 12.8. The predicted molar refractivity (Wildman–Crippen MR) is 115 cm³/mol. The second-order valence-electron chi connectivity index (χ2n) is 7.35. The average Bonchev–Trinajstić information content (AvgIpc) is 3.33. The summed E-state index contributed by atoms with van der Waals surface area (Å²) >= 11 is 0. The highest BCUT2D eigenvalue weighted by molar-refractivity contribution is 6.01. The number of H-pyrrole nitrogens is 2. The van der Waals surface area contributed by atoms with Gasteiger partial charge in [0.1, 0.15) is 11.9 Å². The summed E-state index contributed by atoms with van der Waals surface area (Å²) in [7, 11) is 1.59. The monoisotopic (exact) mass is 422 g/mol. The molecule has 4 rings (SSSR count). The first-order valence-corrected chi connectivity index (χ1v) is 9.93. The number of pyridine rings is 1. The molecule has 0 unspecified atom stereocenters. The summed E-state index contributed by atoms with van der Waals surface area (Å²) in [6.45, 7) is 0.543. The molecule has 0 spiro atoms. The van der Waals surface area contributed by atoms with Crippen molar-refractivity contribution in [1.82, 2.24) is 19.9 Å². The average molecular weight is 422 g/mol. The minimum absolute atomic E-state index is 0.0271. The molecule has 160 valence electrons. The molecule has 2 aromatic heterocycles. The topological polar surface area (TPSA) is 131 Å². The Morgan fingerprint density at radius 3 is 2.68 bits per heavy atom. The first kappa shape index (κ1) is 20.3. The smallest absolute Gasteiger partial charge is 0.325 e. The highest BCUT2D eigenvalue weighted by atomic mass is 16.2. The Labute approximate surface area is 177 Å². The van der Waals surface area contributed by atoms with Crippen LogP contribution in [-0.2, 0) is 14.4 Å². The van der Waals surface area contributed by atoms with Gasteiger partial charge in [-0.1, -0.05) is 18.2 Å². The van der Waals surface area contributed by atoms with Crippen LogP contribution >= 0.6 is 0 Å². The third-order valence-corrected chi connectivity index (χ3v) is 5.31. The lowest BCUT2D eigenvalue weighted by atomic mass is 10.2. The van der Waals surface area contributed by atoms with Crippen molar-refractivity contribution < 1.29 is 14.4 Å². The van der Waals surface area contributed by atoms with E-state index in [1.165, 1.54) is 4.90 Å². The molecule has 3 N–H and O–H groups in total. The molecule has 10 heteroatoms. The van der Waals surface area contributed by atoms with Gasteiger partial charge in [0.05, 0.1) is 5.52 Å². The molecule has 31 heavy (non-hydrogen) atoms. The van der Waals surface area contributed by atoms with Gasteiger partial charge in [-0.2, -0.15) is 0 Å². The van der Waals surface area contributed by atoms with E-state index in [0.29, 0.717) is 24.1 Å². The van der Waals surface area contributed by atoms with Crippen LogP contribution in [0.5, 0.6) is 0 Å². The molecule has 1 aliphatic rings. The molecule has 3 heterocycles. The van der Waals surface area contributed by atoms with E-state index in [0.717, 1.165) is 5.69 Å². The van der Waals surface area contributed by atoms with Crippen molar-refractivity contribution in [2.45, 2.75) is 25.3 Å². The lowest BCUT2D eigenvalue weighted by Crippen LogP contribution is -2.43. The van der Waals surface area contributed by atoms with Crippen LogP contribution in [0.1, 0.15) is 19.3 Å². The van der Waals surface area contributed by atoms with Crippen LogP contribution < -0.4 is 15.9 Å². The number of aromatic amines is 2. The van der Waals surface area contributed by atoms with Gasteiger partial charge in [-0.25, -0.2) is 9.78 Å². The number of carbonyl (C=O) groups excluding carboxylic acids is 3. The SMILES string of the molecule is CN(C(=O)CCC(=O)Nc1ccc2[nH]c(=O)[nH]c2n1)[C@@H]1CCN(c2ccccc2)C1=O. The van der Waals surface area contributed by atoms with Gasteiger partial charge in [0.15, 0.2) is 5.65 Å². The van der Waals surface area contributed by atoms with Crippen molar-refractivity contribution in [2.24, 2.45) is 0 Å². The van der Waals surface area contributed by atoms with E-state index in [2.05, 4.69) is 20.3 Å². The molecule has 1 atom stereocenters.